The highest BCUT2D eigenvalue weighted by Gasteiger charge is 2.09. The van der Waals surface area contributed by atoms with E-state index in [0.717, 1.165) is 0 Å². The van der Waals surface area contributed by atoms with Gasteiger partial charge in [0.1, 0.15) is 5.82 Å². The Hall–Kier alpha value is -2.47. The fourth-order valence-electron chi connectivity index (χ4n) is 1.97. The van der Waals surface area contributed by atoms with Gasteiger partial charge in [0.05, 0.1) is 6.10 Å². The van der Waals surface area contributed by atoms with Crippen LogP contribution in [0, 0.1) is 5.82 Å². The fourth-order valence-corrected chi connectivity index (χ4v) is 1.97. The molecule has 0 saturated heterocycles. The molecule has 1 aromatic heterocycles. The number of amides is 1. The molecule has 0 radical (unpaired) electrons. The summed E-state index contributed by atoms with van der Waals surface area (Å²) < 4.78 is 14.2. The van der Waals surface area contributed by atoms with Gasteiger partial charge < -0.3 is 15.0 Å². The molecule has 1 heterocycles. The number of aliphatic hydroxyl groups excluding tert-OH is 1. The van der Waals surface area contributed by atoms with Crippen LogP contribution in [0.25, 0.3) is 0 Å². The van der Waals surface area contributed by atoms with Gasteiger partial charge in [-0.1, -0.05) is 18.2 Å². The Bertz CT molecular complexity index is 682. The summed E-state index contributed by atoms with van der Waals surface area (Å²) in [6.45, 7) is 0.312. The second kappa shape index (κ2) is 7.51. The first-order chi connectivity index (χ1) is 10.6. The molecule has 22 heavy (non-hydrogen) atoms. The minimum atomic E-state index is -0.899. The number of hydrogen-bond acceptors (Lipinski definition) is 3. The van der Waals surface area contributed by atoms with Gasteiger partial charge >= 0.3 is 0 Å². The van der Waals surface area contributed by atoms with Crippen LogP contribution in [-0.2, 0) is 11.3 Å². The molecular weight excluding hydrogens is 287 g/mol. The lowest BCUT2D eigenvalue weighted by Gasteiger charge is -2.12. The van der Waals surface area contributed by atoms with Gasteiger partial charge in [0.25, 0.3) is 5.56 Å². The maximum Gasteiger partial charge on any atom is 0.250 e. The summed E-state index contributed by atoms with van der Waals surface area (Å²) in [5, 5.41) is 12.5. The number of nitrogens with zero attached hydrogens (tertiary/aromatic N) is 1. The number of nitrogens with one attached hydrogen (secondary N) is 1. The molecule has 1 atom stereocenters. The number of carbonyl (C=O) groups is 1. The zero-order valence-electron chi connectivity index (χ0n) is 11.9. The average Bonchev–Trinajstić information content (AvgIpc) is 2.52. The Labute approximate surface area is 127 Å². The van der Waals surface area contributed by atoms with E-state index < -0.39 is 6.10 Å². The van der Waals surface area contributed by atoms with Crippen molar-refractivity contribution in [3.8, 4) is 0 Å². The summed E-state index contributed by atoms with van der Waals surface area (Å²) in [5.41, 5.74) is 0.364. The molecule has 1 unspecified atom stereocenters. The standard InChI is InChI=1S/C16H17FN2O3/c17-13-6-4-12(5-7-13)14(20)11-18-15(21)8-10-19-9-2-1-3-16(19)22/h1-7,9,14,20H,8,10-11H2,(H,18,21). The van der Waals surface area contributed by atoms with Gasteiger partial charge in [0, 0.05) is 31.8 Å². The van der Waals surface area contributed by atoms with Crippen LogP contribution in [0.15, 0.2) is 53.5 Å². The number of pyridine rings is 1. The van der Waals surface area contributed by atoms with E-state index in [4.69, 9.17) is 0 Å². The summed E-state index contributed by atoms with van der Waals surface area (Å²) >= 11 is 0. The van der Waals surface area contributed by atoms with E-state index in [1.807, 2.05) is 0 Å². The van der Waals surface area contributed by atoms with Crippen LogP contribution in [0.2, 0.25) is 0 Å². The Kier molecular flexibility index (Phi) is 5.43. The van der Waals surface area contributed by atoms with Gasteiger partial charge in [-0.25, -0.2) is 4.39 Å². The van der Waals surface area contributed by atoms with Crippen molar-refractivity contribution in [3.63, 3.8) is 0 Å². The minimum Gasteiger partial charge on any atom is -0.387 e. The molecule has 2 N–H and O–H groups in total. The van der Waals surface area contributed by atoms with Crippen molar-refractivity contribution in [3.05, 3.63) is 70.4 Å². The van der Waals surface area contributed by atoms with E-state index in [2.05, 4.69) is 5.32 Å². The summed E-state index contributed by atoms with van der Waals surface area (Å²) in [6.07, 6.45) is 0.854. The topological polar surface area (TPSA) is 71.3 Å². The number of halogens is 1. The Morgan fingerprint density at radius 3 is 2.64 bits per heavy atom. The maximum absolute atomic E-state index is 12.8. The highest BCUT2D eigenvalue weighted by Crippen LogP contribution is 2.12. The second-order valence-corrected chi connectivity index (χ2v) is 4.85. The maximum atomic E-state index is 12.8. The van der Waals surface area contributed by atoms with Crippen LogP contribution in [0.3, 0.4) is 0 Å². The molecule has 0 fully saturated rings. The Morgan fingerprint density at radius 2 is 1.95 bits per heavy atom. The number of hydrogen-bond donors (Lipinski definition) is 2. The fraction of sp³-hybridized carbons (Fsp3) is 0.250. The average molecular weight is 304 g/mol. The van der Waals surface area contributed by atoms with Crippen molar-refractivity contribution in [2.75, 3.05) is 6.54 Å². The Balaban J connectivity index is 1.79. The van der Waals surface area contributed by atoms with Crippen LogP contribution in [0.4, 0.5) is 4.39 Å². The Morgan fingerprint density at radius 1 is 1.23 bits per heavy atom. The molecule has 0 aliphatic rings. The molecule has 2 rings (SSSR count). The van der Waals surface area contributed by atoms with E-state index in [1.165, 1.54) is 34.9 Å². The number of aromatic nitrogens is 1. The molecule has 0 spiro atoms. The van der Waals surface area contributed by atoms with Crippen molar-refractivity contribution in [1.82, 2.24) is 9.88 Å². The molecule has 0 saturated carbocycles. The van der Waals surface area contributed by atoms with Crippen LogP contribution in [0.1, 0.15) is 18.1 Å². The van der Waals surface area contributed by atoms with Crippen molar-refractivity contribution in [2.45, 2.75) is 19.1 Å². The third-order valence-electron chi connectivity index (χ3n) is 3.23. The summed E-state index contributed by atoms with van der Waals surface area (Å²) in [7, 11) is 0. The molecule has 5 nitrogen and oxygen atoms in total. The highest BCUT2D eigenvalue weighted by molar-refractivity contribution is 5.75. The smallest absolute Gasteiger partial charge is 0.250 e. The first-order valence-electron chi connectivity index (χ1n) is 6.92. The van der Waals surface area contributed by atoms with Crippen LogP contribution in [0.5, 0.6) is 0 Å². The first kappa shape index (κ1) is 15.9. The zero-order chi connectivity index (χ0) is 15.9. The molecule has 1 amide bonds. The minimum absolute atomic E-state index is 0.0359. The third-order valence-corrected chi connectivity index (χ3v) is 3.23. The number of aliphatic hydroxyl groups is 1. The summed E-state index contributed by atoms with van der Waals surface area (Å²) in [5.74, 6) is -0.648. The SMILES string of the molecule is O=C(CCn1ccccc1=O)NCC(O)c1ccc(F)cc1. The van der Waals surface area contributed by atoms with E-state index in [9.17, 15) is 19.1 Å². The van der Waals surface area contributed by atoms with Crippen molar-refractivity contribution >= 4 is 5.91 Å². The normalized spacial score (nSPS) is 11.9. The molecule has 0 aliphatic carbocycles. The summed E-state index contributed by atoms with van der Waals surface area (Å²) in [4.78, 5) is 23.2. The lowest BCUT2D eigenvalue weighted by molar-refractivity contribution is -0.121. The number of aryl methyl sites for hydroxylation is 1. The van der Waals surface area contributed by atoms with E-state index in [-0.39, 0.29) is 36.8 Å². The molecule has 0 bridgehead atoms. The molecule has 0 aliphatic heterocycles. The number of carbonyl (C=O) groups excluding carboxylic acids is 1. The molecule has 116 valence electrons. The van der Waals surface area contributed by atoms with Gasteiger partial charge in [-0.15, -0.1) is 0 Å². The molecular formula is C16H17FN2O3. The predicted molar refractivity (Wildman–Crippen MR) is 79.7 cm³/mol. The van der Waals surface area contributed by atoms with Gasteiger partial charge in [-0.2, -0.15) is 0 Å². The van der Waals surface area contributed by atoms with Gasteiger partial charge in [0.2, 0.25) is 5.91 Å². The van der Waals surface area contributed by atoms with E-state index in [0.29, 0.717) is 5.56 Å². The van der Waals surface area contributed by atoms with Crippen molar-refractivity contribution in [2.24, 2.45) is 0 Å². The third kappa shape index (κ3) is 4.53. The second-order valence-electron chi connectivity index (χ2n) is 4.85. The predicted octanol–water partition coefficient (Wildman–Crippen LogP) is 1.23. The largest absolute Gasteiger partial charge is 0.387 e. The lowest BCUT2D eigenvalue weighted by Crippen LogP contribution is -2.30. The first-order valence-corrected chi connectivity index (χ1v) is 6.92. The molecule has 2 aromatic rings. The van der Waals surface area contributed by atoms with E-state index in [1.54, 1.807) is 18.3 Å². The zero-order valence-corrected chi connectivity index (χ0v) is 11.9. The molecule has 6 heteroatoms. The lowest BCUT2D eigenvalue weighted by atomic mass is 10.1. The van der Waals surface area contributed by atoms with Gasteiger partial charge in [-0.05, 0) is 23.8 Å². The number of rotatable bonds is 6. The van der Waals surface area contributed by atoms with Crippen LogP contribution >= 0.6 is 0 Å². The highest BCUT2D eigenvalue weighted by atomic mass is 19.1. The summed E-state index contributed by atoms with van der Waals surface area (Å²) in [6, 6.07) is 10.2. The van der Waals surface area contributed by atoms with Crippen molar-refractivity contribution in [1.29, 1.82) is 0 Å². The molecule has 1 aromatic carbocycles. The monoisotopic (exact) mass is 304 g/mol. The van der Waals surface area contributed by atoms with E-state index >= 15 is 0 Å². The van der Waals surface area contributed by atoms with Crippen molar-refractivity contribution < 1.29 is 14.3 Å². The van der Waals surface area contributed by atoms with Crippen LogP contribution < -0.4 is 10.9 Å². The van der Waals surface area contributed by atoms with Gasteiger partial charge in [0.15, 0.2) is 0 Å². The quantitative estimate of drug-likeness (QED) is 0.843. The van der Waals surface area contributed by atoms with Crippen LogP contribution in [-0.4, -0.2) is 22.1 Å². The number of benzene rings is 1. The van der Waals surface area contributed by atoms with Gasteiger partial charge in [-0.3, -0.25) is 9.59 Å².